The van der Waals surface area contributed by atoms with Crippen molar-refractivity contribution in [2.24, 2.45) is 0 Å². The molecule has 2 aromatic rings. The van der Waals surface area contributed by atoms with Gasteiger partial charge in [0.2, 0.25) is 0 Å². The van der Waals surface area contributed by atoms with Gasteiger partial charge in [-0.1, -0.05) is 41.4 Å². The first-order chi connectivity index (χ1) is 9.95. The van der Waals surface area contributed by atoms with Gasteiger partial charge in [0.25, 0.3) is 0 Å². The predicted octanol–water partition coefficient (Wildman–Crippen LogP) is 4.74. The first-order valence-electron chi connectivity index (χ1n) is 6.67. The Morgan fingerprint density at radius 2 is 1.86 bits per heavy atom. The summed E-state index contributed by atoms with van der Waals surface area (Å²) >= 11 is 7.47. The predicted molar refractivity (Wildman–Crippen MR) is 88.4 cm³/mol. The Morgan fingerprint density at radius 3 is 2.43 bits per heavy atom. The average molecular weight is 321 g/mol. The van der Waals surface area contributed by atoms with Crippen LogP contribution in [0, 0.1) is 13.8 Å². The van der Waals surface area contributed by atoms with Gasteiger partial charge >= 0.3 is 5.97 Å². The quantitative estimate of drug-likeness (QED) is 0.808. The third kappa shape index (κ3) is 4.51. The van der Waals surface area contributed by atoms with Crippen molar-refractivity contribution in [3.63, 3.8) is 0 Å². The van der Waals surface area contributed by atoms with E-state index in [4.69, 9.17) is 11.6 Å². The first-order valence-corrected chi connectivity index (χ1v) is 7.92. The molecule has 2 rings (SSSR count). The van der Waals surface area contributed by atoms with Crippen molar-refractivity contribution in [3.8, 4) is 0 Å². The van der Waals surface area contributed by atoms with Crippen molar-refractivity contribution < 1.29 is 9.90 Å². The minimum Gasteiger partial charge on any atom is -0.480 e. The van der Waals surface area contributed by atoms with E-state index in [1.54, 1.807) is 0 Å². The molecule has 2 nitrogen and oxygen atoms in total. The van der Waals surface area contributed by atoms with Crippen LogP contribution in [0.1, 0.15) is 16.7 Å². The molecule has 0 spiro atoms. The Morgan fingerprint density at radius 1 is 1.19 bits per heavy atom. The number of benzene rings is 2. The Bertz CT molecular complexity index is 638. The maximum Gasteiger partial charge on any atom is 0.317 e. The first kappa shape index (κ1) is 15.9. The molecule has 110 valence electrons. The highest BCUT2D eigenvalue weighted by molar-refractivity contribution is 8.00. The summed E-state index contributed by atoms with van der Waals surface area (Å²) in [4.78, 5) is 12.4. The molecule has 1 N–H and O–H groups in total. The molecule has 4 heteroatoms. The van der Waals surface area contributed by atoms with E-state index in [9.17, 15) is 9.90 Å². The van der Waals surface area contributed by atoms with Crippen molar-refractivity contribution in [1.82, 2.24) is 0 Å². The number of carboxylic acids is 1. The van der Waals surface area contributed by atoms with Crippen LogP contribution in [0.4, 0.5) is 0 Å². The Hall–Kier alpha value is -1.45. The molecule has 0 unspecified atom stereocenters. The molecule has 2 aromatic carbocycles. The van der Waals surface area contributed by atoms with E-state index < -0.39 is 11.2 Å². The van der Waals surface area contributed by atoms with Gasteiger partial charge in [0.1, 0.15) is 5.25 Å². The van der Waals surface area contributed by atoms with Gasteiger partial charge in [0.05, 0.1) is 0 Å². The van der Waals surface area contributed by atoms with E-state index in [1.165, 1.54) is 11.8 Å². The number of halogens is 1. The average Bonchev–Trinajstić information content (AvgIpc) is 2.44. The number of rotatable bonds is 5. The number of hydrogen-bond donors (Lipinski definition) is 1. The molecule has 1 atom stereocenters. The smallest absolute Gasteiger partial charge is 0.317 e. The van der Waals surface area contributed by atoms with Gasteiger partial charge in [0, 0.05) is 9.92 Å². The number of aryl methyl sites for hydroxylation is 2. The lowest BCUT2D eigenvalue weighted by atomic mass is 10.1. The topological polar surface area (TPSA) is 37.3 Å². The van der Waals surface area contributed by atoms with Gasteiger partial charge < -0.3 is 5.11 Å². The Labute approximate surface area is 134 Å². The molecule has 0 aliphatic carbocycles. The van der Waals surface area contributed by atoms with Gasteiger partial charge in [-0.3, -0.25) is 4.79 Å². The number of aliphatic carboxylic acids is 1. The van der Waals surface area contributed by atoms with Gasteiger partial charge in [0.15, 0.2) is 0 Å². The fourth-order valence-corrected chi connectivity index (χ4v) is 3.14. The molecule has 21 heavy (non-hydrogen) atoms. The van der Waals surface area contributed by atoms with Gasteiger partial charge in [-0.05, 0) is 49.6 Å². The summed E-state index contributed by atoms with van der Waals surface area (Å²) < 4.78 is 0. The highest BCUT2D eigenvalue weighted by Gasteiger charge is 2.19. The van der Waals surface area contributed by atoms with Crippen molar-refractivity contribution in [2.75, 3.05) is 0 Å². The zero-order valence-electron chi connectivity index (χ0n) is 12.0. The van der Waals surface area contributed by atoms with Crippen LogP contribution in [0.3, 0.4) is 0 Å². The van der Waals surface area contributed by atoms with Crippen LogP contribution in [-0.2, 0) is 11.2 Å². The SMILES string of the molecule is Cc1ccc(S[C@H](Cc2ccc(C)c(Cl)c2)C(=O)O)cc1. The summed E-state index contributed by atoms with van der Waals surface area (Å²) in [5.41, 5.74) is 3.10. The maximum atomic E-state index is 11.5. The lowest BCUT2D eigenvalue weighted by Gasteiger charge is -2.13. The molecule has 0 amide bonds. The normalized spacial score (nSPS) is 12.1. The highest BCUT2D eigenvalue weighted by atomic mass is 35.5. The zero-order valence-corrected chi connectivity index (χ0v) is 13.5. The molecule has 0 aliphatic heterocycles. The molecule has 0 fully saturated rings. The molecular formula is C17H17ClO2S. The van der Waals surface area contributed by atoms with Crippen LogP contribution in [0.2, 0.25) is 5.02 Å². The van der Waals surface area contributed by atoms with E-state index in [0.717, 1.165) is 21.6 Å². The summed E-state index contributed by atoms with van der Waals surface area (Å²) in [6.45, 7) is 3.94. The summed E-state index contributed by atoms with van der Waals surface area (Å²) in [5.74, 6) is -0.808. The lowest BCUT2D eigenvalue weighted by Crippen LogP contribution is -2.19. The van der Waals surface area contributed by atoms with E-state index in [0.29, 0.717) is 11.4 Å². The van der Waals surface area contributed by atoms with Crippen LogP contribution >= 0.6 is 23.4 Å². The lowest BCUT2D eigenvalue weighted by molar-refractivity contribution is -0.136. The Kier molecular flexibility index (Phi) is 5.32. The molecule has 0 aliphatic rings. The second kappa shape index (κ2) is 7.01. The monoisotopic (exact) mass is 320 g/mol. The van der Waals surface area contributed by atoms with E-state index in [1.807, 2.05) is 56.3 Å². The van der Waals surface area contributed by atoms with Gasteiger partial charge in [-0.2, -0.15) is 0 Å². The van der Waals surface area contributed by atoms with Gasteiger partial charge in [-0.25, -0.2) is 0 Å². The zero-order chi connectivity index (χ0) is 15.4. The molecular weight excluding hydrogens is 304 g/mol. The van der Waals surface area contributed by atoms with E-state index in [2.05, 4.69) is 0 Å². The fourth-order valence-electron chi connectivity index (χ4n) is 1.94. The summed E-state index contributed by atoms with van der Waals surface area (Å²) in [7, 11) is 0. The van der Waals surface area contributed by atoms with Crippen LogP contribution in [0.25, 0.3) is 0 Å². The van der Waals surface area contributed by atoms with Crippen LogP contribution in [0.5, 0.6) is 0 Å². The molecule has 0 aromatic heterocycles. The molecule has 0 radical (unpaired) electrons. The van der Waals surface area contributed by atoms with Crippen molar-refractivity contribution in [1.29, 1.82) is 0 Å². The second-order valence-corrected chi connectivity index (χ2v) is 6.73. The van der Waals surface area contributed by atoms with Crippen LogP contribution < -0.4 is 0 Å². The summed E-state index contributed by atoms with van der Waals surface area (Å²) in [6.07, 6.45) is 0.452. The van der Waals surface area contributed by atoms with Crippen molar-refractivity contribution >= 4 is 29.3 Å². The number of carbonyl (C=O) groups is 1. The van der Waals surface area contributed by atoms with Crippen LogP contribution in [0.15, 0.2) is 47.4 Å². The molecule has 0 saturated carbocycles. The van der Waals surface area contributed by atoms with E-state index >= 15 is 0 Å². The number of thioether (sulfide) groups is 1. The second-order valence-electron chi connectivity index (χ2n) is 5.05. The van der Waals surface area contributed by atoms with Crippen molar-refractivity contribution in [3.05, 3.63) is 64.2 Å². The third-order valence-electron chi connectivity index (χ3n) is 3.23. The molecule has 0 heterocycles. The largest absolute Gasteiger partial charge is 0.480 e. The standard InChI is InChI=1S/C17H17ClO2S/c1-11-3-7-14(8-4-11)21-16(17(19)20)10-13-6-5-12(2)15(18)9-13/h3-9,16H,10H2,1-2H3,(H,19,20)/t16-/m1/s1. The summed E-state index contributed by atoms with van der Waals surface area (Å²) in [5, 5.41) is 9.58. The van der Waals surface area contributed by atoms with E-state index in [-0.39, 0.29) is 0 Å². The Balaban J connectivity index is 2.13. The summed E-state index contributed by atoms with van der Waals surface area (Å²) in [6, 6.07) is 13.6. The molecule has 0 saturated heterocycles. The molecule has 0 bridgehead atoms. The minimum absolute atomic E-state index is 0.452. The number of carboxylic acid groups (broad SMARTS) is 1. The number of hydrogen-bond acceptors (Lipinski definition) is 2. The third-order valence-corrected chi connectivity index (χ3v) is 4.84. The van der Waals surface area contributed by atoms with Crippen molar-refractivity contribution in [2.45, 2.75) is 30.4 Å². The fraction of sp³-hybridized carbons (Fsp3) is 0.235. The minimum atomic E-state index is -0.808. The van der Waals surface area contributed by atoms with Crippen LogP contribution in [-0.4, -0.2) is 16.3 Å². The highest BCUT2D eigenvalue weighted by Crippen LogP contribution is 2.27. The maximum absolute atomic E-state index is 11.5. The van der Waals surface area contributed by atoms with Gasteiger partial charge in [-0.15, -0.1) is 11.8 Å².